The average Bonchev–Trinajstić information content (AvgIpc) is 3.64. The van der Waals surface area contributed by atoms with E-state index in [4.69, 9.17) is 4.74 Å². The van der Waals surface area contributed by atoms with Crippen molar-refractivity contribution in [2.24, 2.45) is 5.92 Å². The van der Waals surface area contributed by atoms with Crippen LogP contribution in [0, 0.1) is 12.8 Å². The van der Waals surface area contributed by atoms with Crippen LogP contribution in [-0.4, -0.2) is 71.0 Å². The van der Waals surface area contributed by atoms with Gasteiger partial charge in [0.1, 0.15) is 0 Å². The largest absolute Gasteiger partial charge is 0.476 e. The summed E-state index contributed by atoms with van der Waals surface area (Å²) in [6, 6.07) is 1.91. The molecule has 2 N–H and O–H groups in total. The first-order valence-electron chi connectivity index (χ1n) is 11.0. The molecule has 4 heterocycles. The first-order valence-corrected chi connectivity index (χ1v) is 11.0. The van der Waals surface area contributed by atoms with Crippen molar-refractivity contribution in [1.29, 1.82) is 0 Å². The minimum atomic E-state index is -0.374. The molecule has 1 saturated carbocycles. The lowest BCUT2D eigenvalue weighted by molar-refractivity contribution is -0.124. The summed E-state index contributed by atoms with van der Waals surface area (Å²) in [5, 5.41) is 5.53. The third-order valence-corrected chi connectivity index (χ3v) is 6.23. The molecule has 0 radical (unpaired) electrons. The number of nitrogens with one attached hydrogen (secondary N) is 2. The summed E-state index contributed by atoms with van der Waals surface area (Å²) in [6.45, 7) is 5.99. The predicted octanol–water partition coefficient (Wildman–Crippen LogP) is 0.971. The van der Waals surface area contributed by atoms with Gasteiger partial charge in [-0.05, 0) is 25.8 Å². The van der Waals surface area contributed by atoms with Gasteiger partial charge in [0, 0.05) is 45.7 Å². The molecule has 1 saturated heterocycles. The van der Waals surface area contributed by atoms with Crippen molar-refractivity contribution in [1.82, 2.24) is 25.2 Å². The number of carbonyl (C=O) groups is 2. The summed E-state index contributed by atoms with van der Waals surface area (Å²) in [5.74, 6) is 0.849. The quantitative estimate of drug-likeness (QED) is 0.712. The third kappa shape index (κ3) is 4.10. The van der Waals surface area contributed by atoms with E-state index in [0.717, 1.165) is 56.1 Å². The van der Waals surface area contributed by atoms with E-state index in [1.54, 1.807) is 19.4 Å². The number of carbonyl (C=O) groups excluding carboxylic acids is 2. The van der Waals surface area contributed by atoms with Gasteiger partial charge in [-0.1, -0.05) is 0 Å². The van der Waals surface area contributed by atoms with E-state index in [0.29, 0.717) is 23.9 Å². The van der Waals surface area contributed by atoms with Gasteiger partial charge in [0.2, 0.25) is 5.82 Å². The van der Waals surface area contributed by atoms with Gasteiger partial charge in [0.15, 0.2) is 11.9 Å². The minimum absolute atomic E-state index is 0.0502. The summed E-state index contributed by atoms with van der Waals surface area (Å²) in [4.78, 5) is 41.7. The Morgan fingerprint density at radius 1 is 1.22 bits per heavy atom. The van der Waals surface area contributed by atoms with Crippen molar-refractivity contribution in [2.75, 3.05) is 43.4 Å². The van der Waals surface area contributed by atoms with Crippen molar-refractivity contribution in [3.63, 3.8) is 0 Å². The fourth-order valence-electron chi connectivity index (χ4n) is 4.24. The molecule has 1 aliphatic carbocycles. The second-order valence-electron chi connectivity index (χ2n) is 8.54. The number of hydrogen-bond donors (Lipinski definition) is 2. The number of aromatic nitrogens is 3. The zero-order valence-electron chi connectivity index (χ0n) is 18.3. The molecule has 3 aliphatic rings. The minimum Gasteiger partial charge on any atom is -0.476 e. The van der Waals surface area contributed by atoms with Gasteiger partial charge in [0.05, 0.1) is 35.2 Å². The Morgan fingerprint density at radius 2 is 2.00 bits per heavy atom. The first kappa shape index (κ1) is 20.6. The van der Waals surface area contributed by atoms with Crippen LogP contribution in [0.15, 0.2) is 18.5 Å². The normalized spacial score (nSPS) is 20.9. The summed E-state index contributed by atoms with van der Waals surface area (Å²) in [7, 11) is 1.57. The van der Waals surface area contributed by atoms with Gasteiger partial charge in [-0.25, -0.2) is 9.97 Å². The SMILES string of the molecule is CNC(=O)c1ncc(N2CCN(Cc3cc4c(cn3)OC(C3CC3)C(=O)N4)CC2)c(C)n1. The molecule has 168 valence electrons. The van der Waals surface area contributed by atoms with E-state index in [1.165, 1.54) is 0 Å². The van der Waals surface area contributed by atoms with Crippen LogP contribution in [0.5, 0.6) is 5.75 Å². The number of piperazine rings is 1. The Hall–Kier alpha value is -3.27. The first-order chi connectivity index (χ1) is 15.5. The van der Waals surface area contributed by atoms with Gasteiger partial charge in [-0.2, -0.15) is 0 Å². The summed E-state index contributed by atoms with van der Waals surface area (Å²) in [6.07, 6.45) is 5.18. The Balaban J connectivity index is 1.19. The summed E-state index contributed by atoms with van der Waals surface area (Å²) < 4.78 is 5.89. The number of rotatable bonds is 5. The molecule has 1 atom stereocenters. The number of nitrogens with zero attached hydrogens (tertiary/aromatic N) is 5. The van der Waals surface area contributed by atoms with Crippen molar-refractivity contribution in [3.05, 3.63) is 35.7 Å². The molecule has 2 aliphatic heterocycles. The van der Waals surface area contributed by atoms with Gasteiger partial charge in [0.25, 0.3) is 11.8 Å². The maximum Gasteiger partial charge on any atom is 0.288 e. The summed E-state index contributed by atoms with van der Waals surface area (Å²) in [5.41, 5.74) is 3.36. The Morgan fingerprint density at radius 3 is 2.69 bits per heavy atom. The monoisotopic (exact) mass is 437 g/mol. The van der Waals surface area contributed by atoms with Gasteiger partial charge in [-0.15, -0.1) is 0 Å². The van der Waals surface area contributed by atoms with Crippen LogP contribution in [0.1, 0.15) is 34.8 Å². The molecular formula is C22H27N7O3. The molecule has 2 fully saturated rings. The van der Waals surface area contributed by atoms with Crippen LogP contribution in [0.2, 0.25) is 0 Å². The van der Waals surface area contributed by atoms with Gasteiger partial charge >= 0.3 is 0 Å². The Labute approximate surface area is 186 Å². The summed E-state index contributed by atoms with van der Waals surface area (Å²) >= 11 is 0. The number of fused-ring (bicyclic) bond motifs is 1. The highest BCUT2D eigenvalue weighted by molar-refractivity contribution is 5.98. The Kier molecular flexibility index (Phi) is 5.38. The number of pyridine rings is 1. The van der Waals surface area contributed by atoms with E-state index in [1.807, 2.05) is 13.0 Å². The van der Waals surface area contributed by atoms with Crippen LogP contribution < -0.4 is 20.3 Å². The second-order valence-corrected chi connectivity index (χ2v) is 8.54. The molecular weight excluding hydrogens is 410 g/mol. The number of ether oxygens (including phenoxy) is 1. The molecule has 10 heteroatoms. The lowest BCUT2D eigenvalue weighted by Gasteiger charge is -2.36. The van der Waals surface area contributed by atoms with E-state index in [9.17, 15) is 9.59 Å². The highest BCUT2D eigenvalue weighted by Crippen LogP contribution is 2.39. The number of hydrogen-bond acceptors (Lipinski definition) is 8. The van der Waals surface area contributed by atoms with E-state index >= 15 is 0 Å². The van der Waals surface area contributed by atoms with Crippen molar-refractivity contribution in [2.45, 2.75) is 32.4 Å². The van der Waals surface area contributed by atoms with Crippen molar-refractivity contribution in [3.8, 4) is 5.75 Å². The van der Waals surface area contributed by atoms with E-state index in [-0.39, 0.29) is 23.7 Å². The van der Waals surface area contributed by atoms with Crippen LogP contribution >= 0.6 is 0 Å². The van der Waals surface area contributed by atoms with Gasteiger partial charge in [-0.3, -0.25) is 19.5 Å². The molecule has 2 aromatic heterocycles. The number of aryl methyl sites for hydroxylation is 1. The van der Waals surface area contributed by atoms with Crippen LogP contribution in [0.25, 0.3) is 0 Å². The maximum absolute atomic E-state index is 12.3. The molecule has 0 spiro atoms. The second kappa shape index (κ2) is 8.34. The molecule has 2 amide bonds. The maximum atomic E-state index is 12.3. The average molecular weight is 438 g/mol. The van der Waals surface area contributed by atoms with E-state index in [2.05, 4.69) is 35.4 Å². The zero-order valence-corrected chi connectivity index (χ0v) is 18.3. The number of anilines is 2. The standard InChI is InChI=1S/C22H27N7O3/c1-13-17(10-25-20(26-13)22(31)23-2)29-7-5-28(6-8-29)12-15-9-16-18(11-24-15)32-19(14-3-4-14)21(30)27-16/h9-11,14,19H,3-8,12H2,1-2H3,(H,23,31)(H,27,30). The third-order valence-electron chi connectivity index (χ3n) is 6.23. The highest BCUT2D eigenvalue weighted by atomic mass is 16.5. The molecule has 5 rings (SSSR count). The highest BCUT2D eigenvalue weighted by Gasteiger charge is 2.41. The van der Waals surface area contributed by atoms with Crippen molar-refractivity contribution >= 4 is 23.2 Å². The van der Waals surface area contributed by atoms with Crippen LogP contribution in [0.3, 0.4) is 0 Å². The fourth-order valence-corrected chi connectivity index (χ4v) is 4.24. The van der Waals surface area contributed by atoms with Crippen LogP contribution in [0.4, 0.5) is 11.4 Å². The van der Waals surface area contributed by atoms with E-state index < -0.39 is 0 Å². The Bertz CT molecular complexity index is 1050. The molecule has 32 heavy (non-hydrogen) atoms. The van der Waals surface area contributed by atoms with Gasteiger partial charge < -0.3 is 20.3 Å². The zero-order chi connectivity index (χ0) is 22.2. The lowest BCUT2D eigenvalue weighted by Crippen LogP contribution is -2.46. The topological polar surface area (TPSA) is 113 Å². The van der Waals surface area contributed by atoms with Crippen molar-refractivity contribution < 1.29 is 14.3 Å². The predicted molar refractivity (Wildman–Crippen MR) is 118 cm³/mol. The van der Waals surface area contributed by atoms with Crippen LogP contribution in [-0.2, 0) is 11.3 Å². The molecule has 1 unspecified atom stereocenters. The smallest absolute Gasteiger partial charge is 0.288 e. The molecule has 0 aromatic carbocycles. The molecule has 10 nitrogen and oxygen atoms in total. The number of amides is 2. The fraction of sp³-hybridized carbons (Fsp3) is 0.500. The molecule has 0 bridgehead atoms. The lowest BCUT2D eigenvalue weighted by atomic mass is 10.1. The molecule has 2 aromatic rings.